The van der Waals surface area contributed by atoms with Gasteiger partial charge in [-0.1, -0.05) is 68.4 Å². The molecular weight excluding hydrogens is 230 g/mol. The van der Waals surface area contributed by atoms with Crippen LogP contribution in [0, 0.1) is 0 Å². The minimum absolute atomic E-state index is 0.607. The van der Waals surface area contributed by atoms with Gasteiger partial charge >= 0.3 is 0 Å². The molecule has 0 radical (unpaired) electrons. The second-order valence-electron chi connectivity index (χ2n) is 5.55. The van der Waals surface area contributed by atoms with Crippen molar-refractivity contribution in [2.75, 3.05) is 7.05 Å². The zero-order valence-corrected chi connectivity index (χ0v) is 12.1. The van der Waals surface area contributed by atoms with E-state index in [0.717, 1.165) is 13.1 Å². The highest BCUT2D eigenvalue weighted by molar-refractivity contribution is 5.24. The molecule has 100 valence electrons. The van der Waals surface area contributed by atoms with Crippen LogP contribution < -0.4 is 0 Å². The minimum Gasteiger partial charge on any atom is -0.298 e. The first kappa shape index (κ1) is 13.8. The van der Waals surface area contributed by atoms with Crippen molar-refractivity contribution in [3.63, 3.8) is 0 Å². The monoisotopic (exact) mass is 253 g/mol. The normalized spacial score (nSPS) is 11.2. The quantitative estimate of drug-likeness (QED) is 0.761. The molecule has 0 unspecified atom stereocenters. The van der Waals surface area contributed by atoms with Crippen molar-refractivity contribution >= 4 is 0 Å². The molecule has 0 fully saturated rings. The Labute approximate surface area is 116 Å². The van der Waals surface area contributed by atoms with Gasteiger partial charge in [-0.3, -0.25) is 4.90 Å². The van der Waals surface area contributed by atoms with Crippen LogP contribution in [0.15, 0.2) is 54.6 Å². The molecule has 0 spiro atoms. The number of hydrogen-bond acceptors (Lipinski definition) is 1. The van der Waals surface area contributed by atoms with E-state index in [4.69, 9.17) is 0 Å². The lowest BCUT2D eigenvalue weighted by molar-refractivity contribution is 0.319. The van der Waals surface area contributed by atoms with E-state index < -0.39 is 0 Å². The van der Waals surface area contributed by atoms with Crippen LogP contribution in [0.2, 0.25) is 0 Å². The van der Waals surface area contributed by atoms with E-state index >= 15 is 0 Å². The van der Waals surface area contributed by atoms with E-state index in [1.54, 1.807) is 0 Å². The van der Waals surface area contributed by atoms with Gasteiger partial charge in [0.05, 0.1) is 0 Å². The predicted octanol–water partition coefficient (Wildman–Crippen LogP) is 4.44. The molecule has 19 heavy (non-hydrogen) atoms. The van der Waals surface area contributed by atoms with Crippen LogP contribution in [0.1, 0.15) is 36.5 Å². The van der Waals surface area contributed by atoms with Gasteiger partial charge < -0.3 is 0 Å². The number of hydrogen-bond donors (Lipinski definition) is 0. The van der Waals surface area contributed by atoms with Gasteiger partial charge in [-0.05, 0) is 29.7 Å². The summed E-state index contributed by atoms with van der Waals surface area (Å²) in [5.41, 5.74) is 4.15. The van der Waals surface area contributed by atoms with Gasteiger partial charge in [-0.25, -0.2) is 0 Å². The van der Waals surface area contributed by atoms with E-state index in [-0.39, 0.29) is 0 Å². The summed E-state index contributed by atoms with van der Waals surface area (Å²) in [6.07, 6.45) is 0. The minimum atomic E-state index is 0.607. The van der Waals surface area contributed by atoms with Gasteiger partial charge in [0, 0.05) is 13.1 Å². The maximum Gasteiger partial charge on any atom is 0.0234 e. The van der Waals surface area contributed by atoms with Gasteiger partial charge in [0.25, 0.3) is 0 Å². The molecule has 0 aliphatic heterocycles. The molecule has 0 aliphatic rings. The summed E-state index contributed by atoms with van der Waals surface area (Å²) in [4.78, 5) is 2.35. The molecule has 0 aromatic heterocycles. The number of benzene rings is 2. The fourth-order valence-corrected chi connectivity index (χ4v) is 2.27. The summed E-state index contributed by atoms with van der Waals surface area (Å²) >= 11 is 0. The van der Waals surface area contributed by atoms with Gasteiger partial charge in [0.1, 0.15) is 0 Å². The summed E-state index contributed by atoms with van der Waals surface area (Å²) in [6, 6.07) is 19.6. The summed E-state index contributed by atoms with van der Waals surface area (Å²) in [5.74, 6) is 0.607. The van der Waals surface area contributed by atoms with Crippen molar-refractivity contribution in [2.45, 2.75) is 32.9 Å². The zero-order valence-electron chi connectivity index (χ0n) is 12.1. The average Bonchev–Trinajstić information content (AvgIpc) is 2.40. The van der Waals surface area contributed by atoms with E-state index in [1.807, 2.05) is 0 Å². The van der Waals surface area contributed by atoms with Crippen LogP contribution in [0.25, 0.3) is 0 Å². The lowest BCUT2D eigenvalue weighted by Crippen LogP contribution is -2.17. The second-order valence-corrected chi connectivity index (χ2v) is 5.55. The van der Waals surface area contributed by atoms with Crippen molar-refractivity contribution in [1.29, 1.82) is 0 Å². The Morgan fingerprint density at radius 2 is 1.32 bits per heavy atom. The fraction of sp³-hybridized carbons (Fsp3) is 0.333. The lowest BCUT2D eigenvalue weighted by atomic mass is 10.0. The lowest BCUT2D eigenvalue weighted by Gasteiger charge is -2.17. The zero-order chi connectivity index (χ0) is 13.7. The summed E-state index contributed by atoms with van der Waals surface area (Å²) in [5, 5.41) is 0. The summed E-state index contributed by atoms with van der Waals surface area (Å²) < 4.78 is 0. The largest absolute Gasteiger partial charge is 0.298 e. The van der Waals surface area contributed by atoms with Gasteiger partial charge in [-0.2, -0.15) is 0 Å². The highest BCUT2D eigenvalue weighted by Crippen LogP contribution is 2.16. The molecule has 0 N–H and O–H groups in total. The first-order chi connectivity index (χ1) is 9.15. The SMILES string of the molecule is CC(C)c1ccc(CN(C)Cc2ccccc2)cc1. The second kappa shape index (κ2) is 6.53. The molecule has 0 aliphatic carbocycles. The maximum absolute atomic E-state index is 2.35. The van der Waals surface area contributed by atoms with Crippen molar-refractivity contribution in [3.05, 3.63) is 71.3 Å². The average molecular weight is 253 g/mol. The number of nitrogens with zero attached hydrogens (tertiary/aromatic N) is 1. The number of rotatable bonds is 5. The summed E-state index contributed by atoms with van der Waals surface area (Å²) in [6.45, 7) is 6.45. The molecule has 1 nitrogen and oxygen atoms in total. The van der Waals surface area contributed by atoms with Crippen molar-refractivity contribution in [2.24, 2.45) is 0 Å². The molecule has 0 atom stereocenters. The van der Waals surface area contributed by atoms with Crippen molar-refractivity contribution < 1.29 is 0 Å². The van der Waals surface area contributed by atoms with Crippen LogP contribution >= 0.6 is 0 Å². The van der Waals surface area contributed by atoms with E-state index in [0.29, 0.717) is 5.92 Å². The van der Waals surface area contributed by atoms with Crippen LogP contribution in [-0.4, -0.2) is 11.9 Å². The molecule has 0 heterocycles. The molecular formula is C18H23N. The molecule has 0 amide bonds. The molecule has 0 bridgehead atoms. The highest BCUT2D eigenvalue weighted by Gasteiger charge is 2.03. The Morgan fingerprint density at radius 1 is 0.789 bits per heavy atom. The Hall–Kier alpha value is -1.60. The topological polar surface area (TPSA) is 3.24 Å². The van der Waals surface area contributed by atoms with Crippen LogP contribution in [0.3, 0.4) is 0 Å². The Kier molecular flexibility index (Phi) is 4.75. The van der Waals surface area contributed by atoms with E-state index in [1.165, 1.54) is 16.7 Å². The molecule has 0 saturated carbocycles. The third kappa shape index (κ3) is 4.22. The van der Waals surface area contributed by atoms with Crippen molar-refractivity contribution in [3.8, 4) is 0 Å². The van der Waals surface area contributed by atoms with Gasteiger partial charge in [0.15, 0.2) is 0 Å². The molecule has 0 saturated heterocycles. The first-order valence-corrected chi connectivity index (χ1v) is 6.96. The Bertz CT molecular complexity index is 485. The Balaban J connectivity index is 1.93. The molecule has 2 aromatic carbocycles. The first-order valence-electron chi connectivity index (χ1n) is 6.96. The Morgan fingerprint density at radius 3 is 1.84 bits per heavy atom. The van der Waals surface area contributed by atoms with E-state index in [9.17, 15) is 0 Å². The maximum atomic E-state index is 2.35. The fourth-order valence-electron chi connectivity index (χ4n) is 2.27. The standard InChI is InChI=1S/C18H23N/c1-15(2)18-11-9-17(10-12-18)14-19(3)13-16-7-5-4-6-8-16/h4-12,15H,13-14H2,1-3H3. The molecule has 2 rings (SSSR count). The molecule has 2 aromatic rings. The van der Waals surface area contributed by atoms with Crippen LogP contribution in [0.4, 0.5) is 0 Å². The van der Waals surface area contributed by atoms with Crippen molar-refractivity contribution in [1.82, 2.24) is 4.90 Å². The van der Waals surface area contributed by atoms with Gasteiger partial charge in [0.2, 0.25) is 0 Å². The third-order valence-electron chi connectivity index (χ3n) is 3.39. The predicted molar refractivity (Wildman–Crippen MR) is 82.1 cm³/mol. The summed E-state index contributed by atoms with van der Waals surface area (Å²) in [7, 11) is 2.17. The van der Waals surface area contributed by atoms with Gasteiger partial charge in [-0.15, -0.1) is 0 Å². The molecule has 1 heteroatoms. The highest BCUT2D eigenvalue weighted by atomic mass is 15.1. The third-order valence-corrected chi connectivity index (χ3v) is 3.39. The van der Waals surface area contributed by atoms with Crippen LogP contribution in [-0.2, 0) is 13.1 Å². The smallest absolute Gasteiger partial charge is 0.0234 e. The van der Waals surface area contributed by atoms with Crippen LogP contribution in [0.5, 0.6) is 0 Å². The van der Waals surface area contributed by atoms with E-state index in [2.05, 4.69) is 80.4 Å².